The minimum Gasteiger partial charge on any atom is -0.459 e. The number of anilines is 1. The summed E-state index contributed by atoms with van der Waals surface area (Å²) in [6.07, 6.45) is -8.82. The number of nitrogens with zero attached hydrogens (tertiary/aromatic N) is 1. The molecule has 1 heterocycles. The maximum atomic E-state index is 13.3. The molecule has 1 fully saturated rings. The molecule has 0 amide bonds. The minimum atomic E-state index is -1.97. The Morgan fingerprint density at radius 3 is 1.71 bits per heavy atom. The van der Waals surface area contributed by atoms with E-state index in [0.717, 1.165) is 0 Å². The first-order valence-electron chi connectivity index (χ1n) is 13.3. The highest BCUT2D eigenvalue weighted by Gasteiger charge is 2.57. The van der Waals surface area contributed by atoms with E-state index in [2.05, 4.69) is 26.3 Å². The third-order valence-corrected chi connectivity index (χ3v) is 5.55. The lowest BCUT2D eigenvalue weighted by molar-refractivity contribution is -0.283. The molecule has 45 heavy (non-hydrogen) atoms. The first-order valence-corrected chi connectivity index (χ1v) is 13.3. The number of hydrogen-bond donors (Lipinski definition) is 0. The summed E-state index contributed by atoms with van der Waals surface area (Å²) < 4.78 is 46.9. The zero-order valence-corrected chi connectivity index (χ0v) is 24.8. The molecule has 5 atom stereocenters. The first kappa shape index (κ1) is 35.9. The van der Waals surface area contributed by atoms with Gasteiger partial charge in [-0.05, 0) is 18.2 Å². The largest absolute Gasteiger partial charge is 0.509 e. The summed E-state index contributed by atoms with van der Waals surface area (Å²) in [5, 5.41) is 0. The van der Waals surface area contributed by atoms with Gasteiger partial charge in [0.15, 0.2) is 18.3 Å². The fourth-order valence-corrected chi connectivity index (χ4v) is 3.61. The van der Waals surface area contributed by atoms with Crippen LogP contribution in [0.3, 0.4) is 0 Å². The normalized spacial score (nSPS) is 20.2. The molecule has 1 aliphatic rings. The summed E-state index contributed by atoms with van der Waals surface area (Å²) in [6.45, 7) is 12.5. The maximum Gasteiger partial charge on any atom is 0.509 e. The quantitative estimate of drug-likeness (QED) is 0.156. The van der Waals surface area contributed by atoms with Gasteiger partial charge in [0.2, 0.25) is 12.4 Å². The lowest BCUT2D eigenvalue weighted by atomic mass is 9.98. The predicted molar refractivity (Wildman–Crippen MR) is 155 cm³/mol. The Kier molecular flexibility index (Phi) is 14.7. The number of benzene rings is 1. The van der Waals surface area contributed by atoms with E-state index in [-0.39, 0.29) is 32.0 Å². The molecule has 0 unspecified atom stereocenters. The van der Waals surface area contributed by atoms with Crippen LogP contribution in [0.25, 0.3) is 0 Å². The second kappa shape index (κ2) is 18.4. The standard InChI is InChI=1S/C30H35NO14/c1-7-14-37-26(33)23-21(42-28(34)38-15-8-2)22(43-29(35)39-16-9-3)24(44-30(36)40-17-10-4)27(41-23)45-25(32)19-12-11-13-20(18-19)31(5)6/h7-13,18,21-24,27H,1-4,14-17H2,5-6H3/t21-,22-,23-,24+,27-/m0/s1. The molecule has 244 valence electrons. The summed E-state index contributed by atoms with van der Waals surface area (Å²) in [4.78, 5) is 65.9. The van der Waals surface area contributed by atoms with E-state index in [4.69, 9.17) is 42.6 Å². The molecule has 0 radical (unpaired) electrons. The number of carbonyl (C=O) groups is 5. The highest BCUT2D eigenvalue weighted by atomic mass is 16.8. The maximum absolute atomic E-state index is 13.3. The molecule has 2 rings (SSSR count). The molecule has 15 heteroatoms. The molecule has 1 aromatic carbocycles. The van der Waals surface area contributed by atoms with Crippen molar-refractivity contribution in [1.82, 2.24) is 0 Å². The van der Waals surface area contributed by atoms with E-state index in [1.807, 2.05) is 0 Å². The average Bonchev–Trinajstić information content (AvgIpc) is 3.02. The van der Waals surface area contributed by atoms with Crippen molar-refractivity contribution in [3.63, 3.8) is 0 Å². The molecule has 1 aliphatic heterocycles. The molecule has 0 bridgehead atoms. The number of esters is 2. The molecule has 0 saturated carbocycles. The fraction of sp³-hybridized carbons (Fsp3) is 0.367. The molecule has 0 aromatic heterocycles. The molecule has 0 N–H and O–H groups in total. The van der Waals surface area contributed by atoms with Crippen LogP contribution in [0, 0.1) is 0 Å². The monoisotopic (exact) mass is 633 g/mol. The lowest BCUT2D eigenvalue weighted by Gasteiger charge is -2.42. The zero-order valence-electron chi connectivity index (χ0n) is 24.8. The van der Waals surface area contributed by atoms with Gasteiger partial charge in [-0.1, -0.05) is 56.7 Å². The van der Waals surface area contributed by atoms with Gasteiger partial charge in [-0.3, -0.25) is 0 Å². The van der Waals surface area contributed by atoms with Crippen molar-refractivity contribution in [2.75, 3.05) is 45.4 Å². The van der Waals surface area contributed by atoms with Gasteiger partial charge in [0.1, 0.15) is 26.4 Å². The van der Waals surface area contributed by atoms with E-state index in [9.17, 15) is 24.0 Å². The van der Waals surface area contributed by atoms with Crippen molar-refractivity contribution in [2.45, 2.75) is 30.7 Å². The Hall–Kier alpha value is -5.31. The van der Waals surface area contributed by atoms with Crippen LogP contribution in [0.15, 0.2) is 74.9 Å². The van der Waals surface area contributed by atoms with Crippen LogP contribution >= 0.6 is 0 Å². The van der Waals surface area contributed by atoms with Crippen LogP contribution in [0.4, 0.5) is 20.1 Å². The Bertz CT molecular complexity index is 1240. The zero-order chi connectivity index (χ0) is 33.4. The predicted octanol–water partition coefficient (Wildman–Crippen LogP) is 3.49. The Morgan fingerprint density at radius 1 is 0.711 bits per heavy atom. The Labute approximate surface area is 259 Å². The van der Waals surface area contributed by atoms with Crippen LogP contribution in [0.5, 0.6) is 0 Å². The average molecular weight is 634 g/mol. The van der Waals surface area contributed by atoms with Crippen LogP contribution in [-0.2, 0) is 47.4 Å². The van der Waals surface area contributed by atoms with Gasteiger partial charge in [-0.2, -0.15) is 0 Å². The van der Waals surface area contributed by atoms with Gasteiger partial charge in [-0.15, -0.1) is 0 Å². The molecule has 15 nitrogen and oxygen atoms in total. The van der Waals surface area contributed by atoms with E-state index >= 15 is 0 Å². The van der Waals surface area contributed by atoms with Crippen molar-refractivity contribution in [3.8, 4) is 0 Å². The van der Waals surface area contributed by atoms with Crippen molar-refractivity contribution >= 4 is 36.1 Å². The van der Waals surface area contributed by atoms with Crippen LogP contribution in [0.2, 0.25) is 0 Å². The van der Waals surface area contributed by atoms with Gasteiger partial charge in [0, 0.05) is 19.8 Å². The van der Waals surface area contributed by atoms with E-state index in [0.29, 0.717) is 5.69 Å². The highest BCUT2D eigenvalue weighted by molar-refractivity contribution is 5.90. The molecule has 0 spiro atoms. The van der Waals surface area contributed by atoms with Gasteiger partial charge in [-0.25, -0.2) is 24.0 Å². The summed E-state index contributed by atoms with van der Waals surface area (Å²) in [7, 11) is 3.50. The SMILES string of the molecule is C=CCOC(=O)O[C@@H]1[C@@H](OC(=O)OCC=C)[C@H](OC(=O)c2cccc(N(C)C)c2)O[C@H](C(=O)OCC=C)[C@H]1OC(=O)OCC=C. The van der Waals surface area contributed by atoms with Crippen LogP contribution in [0.1, 0.15) is 10.4 Å². The van der Waals surface area contributed by atoms with Gasteiger partial charge in [0.25, 0.3) is 0 Å². The molecular weight excluding hydrogens is 598 g/mol. The Morgan fingerprint density at radius 2 is 1.20 bits per heavy atom. The number of carbonyl (C=O) groups excluding carboxylic acids is 5. The molecule has 1 aromatic rings. The lowest BCUT2D eigenvalue weighted by Crippen LogP contribution is -2.64. The molecule has 1 saturated heterocycles. The number of hydrogen-bond acceptors (Lipinski definition) is 15. The topological polar surface area (TPSA) is 172 Å². The molecular formula is C30H35NO14. The second-order valence-corrected chi connectivity index (χ2v) is 8.99. The van der Waals surface area contributed by atoms with Gasteiger partial charge >= 0.3 is 30.4 Å². The van der Waals surface area contributed by atoms with Crippen molar-refractivity contribution in [3.05, 3.63) is 80.4 Å². The number of ether oxygens (including phenoxy) is 9. The van der Waals surface area contributed by atoms with E-state index in [1.54, 1.807) is 31.1 Å². The Balaban J connectivity index is 2.62. The third kappa shape index (κ3) is 11.0. The van der Waals surface area contributed by atoms with E-state index < -0.39 is 61.1 Å². The van der Waals surface area contributed by atoms with Crippen molar-refractivity contribution in [1.29, 1.82) is 0 Å². The summed E-state index contributed by atoms with van der Waals surface area (Å²) in [5.74, 6) is -2.15. The van der Waals surface area contributed by atoms with E-state index in [1.165, 1.54) is 36.4 Å². The third-order valence-electron chi connectivity index (χ3n) is 5.55. The summed E-state index contributed by atoms with van der Waals surface area (Å²) in [5.41, 5.74) is 0.677. The van der Waals surface area contributed by atoms with Gasteiger partial charge < -0.3 is 47.5 Å². The summed E-state index contributed by atoms with van der Waals surface area (Å²) in [6, 6.07) is 6.25. The van der Waals surface area contributed by atoms with Gasteiger partial charge in [0.05, 0.1) is 5.56 Å². The number of rotatable bonds is 15. The van der Waals surface area contributed by atoms with Crippen LogP contribution in [-0.4, -0.2) is 102 Å². The summed E-state index contributed by atoms with van der Waals surface area (Å²) >= 11 is 0. The minimum absolute atomic E-state index is 0.0396. The van der Waals surface area contributed by atoms with Crippen molar-refractivity contribution < 1.29 is 66.6 Å². The smallest absolute Gasteiger partial charge is 0.459 e. The molecule has 0 aliphatic carbocycles. The highest BCUT2D eigenvalue weighted by Crippen LogP contribution is 2.32. The van der Waals surface area contributed by atoms with Crippen LogP contribution < -0.4 is 4.90 Å². The first-order chi connectivity index (χ1) is 21.6. The van der Waals surface area contributed by atoms with Crippen molar-refractivity contribution in [2.24, 2.45) is 0 Å². The second-order valence-electron chi connectivity index (χ2n) is 8.99. The fourth-order valence-electron chi connectivity index (χ4n) is 3.61.